The Morgan fingerprint density at radius 3 is 2.56 bits per heavy atom. The maximum Gasteiger partial charge on any atom is 0.278 e. The van der Waals surface area contributed by atoms with Crippen LogP contribution in [0.2, 0.25) is 0 Å². The molecule has 9 nitrogen and oxygen atoms in total. The molecule has 2 aromatic heterocycles. The fourth-order valence-corrected chi connectivity index (χ4v) is 5.35. The summed E-state index contributed by atoms with van der Waals surface area (Å²) < 4.78 is 13.8. The van der Waals surface area contributed by atoms with Gasteiger partial charge >= 0.3 is 0 Å². The molecule has 0 N–H and O–H groups in total. The van der Waals surface area contributed by atoms with Crippen molar-refractivity contribution < 1.29 is 9.47 Å². The predicted octanol–water partition coefficient (Wildman–Crippen LogP) is 4.16. The van der Waals surface area contributed by atoms with Crippen molar-refractivity contribution in [3.63, 3.8) is 0 Å². The van der Waals surface area contributed by atoms with E-state index in [2.05, 4.69) is 16.4 Å². The van der Waals surface area contributed by atoms with Gasteiger partial charge in [0.15, 0.2) is 16.7 Å². The third-order valence-electron chi connectivity index (χ3n) is 6.41. The molecule has 2 heterocycles. The molecular formula is C26H27N5O4S. The first-order valence-electron chi connectivity index (χ1n) is 11.9. The second-order valence-corrected chi connectivity index (χ2v) is 9.53. The molecule has 36 heavy (non-hydrogen) atoms. The number of fused-ring (bicyclic) bond motifs is 2. The highest BCUT2D eigenvalue weighted by molar-refractivity contribution is 7.98. The summed E-state index contributed by atoms with van der Waals surface area (Å²) in [6.07, 6.45) is 7.61. The summed E-state index contributed by atoms with van der Waals surface area (Å²) in [7, 11) is 3.08. The first-order valence-corrected chi connectivity index (χ1v) is 12.9. The molecule has 0 amide bonds. The number of benzene rings is 2. The Labute approximate surface area is 211 Å². The van der Waals surface area contributed by atoms with Gasteiger partial charge in [-0.2, -0.15) is 4.68 Å². The number of aromatic nitrogens is 5. The van der Waals surface area contributed by atoms with Crippen LogP contribution in [0.3, 0.4) is 0 Å². The van der Waals surface area contributed by atoms with E-state index in [0.717, 1.165) is 19.3 Å². The molecule has 186 valence electrons. The Bertz CT molecular complexity index is 1580. The lowest BCUT2D eigenvalue weighted by Crippen LogP contribution is -2.26. The van der Waals surface area contributed by atoms with Gasteiger partial charge in [0.05, 0.1) is 36.4 Å². The van der Waals surface area contributed by atoms with Gasteiger partial charge in [0.2, 0.25) is 0 Å². The summed E-state index contributed by atoms with van der Waals surface area (Å²) in [6, 6.07) is 10.5. The van der Waals surface area contributed by atoms with Crippen molar-refractivity contribution in [3.05, 3.63) is 68.8 Å². The molecule has 0 saturated heterocycles. The van der Waals surface area contributed by atoms with E-state index in [1.807, 2.05) is 6.07 Å². The number of allylic oxidation sites excluding steroid dienone is 2. The van der Waals surface area contributed by atoms with Crippen molar-refractivity contribution >= 4 is 33.6 Å². The van der Waals surface area contributed by atoms with Gasteiger partial charge in [-0.3, -0.25) is 14.2 Å². The molecule has 10 heteroatoms. The fraction of sp³-hybridized carbons (Fsp3) is 0.346. The molecule has 0 unspecified atom stereocenters. The smallest absolute Gasteiger partial charge is 0.278 e. The maximum atomic E-state index is 13.6. The van der Waals surface area contributed by atoms with E-state index in [4.69, 9.17) is 14.5 Å². The molecular weight excluding hydrogens is 478 g/mol. The number of ether oxygens (including phenoxy) is 2. The van der Waals surface area contributed by atoms with Crippen molar-refractivity contribution in [2.45, 2.75) is 49.7 Å². The minimum absolute atomic E-state index is 0.156. The van der Waals surface area contributed by atoms with Crippen LogP contribution >= 0.6 is 11.8 Å². The lowest BCUT2D eigenvalue weighted by molar-refractivity contribution is 0.355. The zero-order chi connectivity index (χ0) is 25.1. The molecule has 0 aliphatic heterocycles. The van der Waals surface area contributed by atoms with Gasteiger partial charge < -0.3 is 9.47 Å². The van der Waals surface area contributed by atoms with Crippen molar-refractivity contribution in [1.82, 2.24) is 24.5 Å². The van der Waals surface area contributed by atoms with Gasteiger partial charge in [-0.05, 0) is 50.3 Å². The largest absolute Gasteiger partial charge is 0.493 e. The van der Waals surface area contributed by atoms with Crippen molar-refractivity contribution in [1.29, 1.82) is 0 Å². The van der Waals surface area contributed by atoms with Gasteiger partial charge in [-0.1, -0.05) is 40.8 Å². The van der Waals surface area contributed by atoms with E-state index in [9.17, 15) is 9.59 Å². The minimum Gasteiger partial charge on any atom is -0.493 e. The van der Waals surface area contributed by atoms with Crippen LogP contribution in [0.4, 0.5) is 0 Å². The van der Waals surface area contributed by atoms with Crippen LogP contribution in [0.25, 0.3) is 21.8 Å². The van der Waals surface area contributed by atoms with Crippen molar-refractivity contribution in [3.8, 4) is 11.5 Å². The van der Waals surface area contributed by atoms with Gasteiger partial charge in [-0.15, -0.1) is 5.10 Å². The van der Waals surface area contributed by atoms with Crippen LogP contribution in [-0.2, 0) is 12.4 Å². The lowest BCUT2D eigenvalue weighted by Gasteiger charge is -2.17. The van der Waals surface area contributed by atoms with E-state index >= 15 is 0 Å². The molecule has 0 saturated carbocycles. The fourth-order valence-electron chi connectivity index (χ4n) is 4.45. The zero-order valence-electron chi connectivity index (χ0n) is 20.3. The van der Waals surface area contributed by atoms with Gasteiger partial charge in [-0.25, -0.2) is 4.98 Å². The summed E-state index contributed by atoms with van der Waals surface area (Å²) in [4.78, 5) is 31.4. The molecule has 4 aromatic rings. The summed E-state index contributed by atoms with van der Waals surface area (Å²) >= 11 is 1.28. The van der Waals surface area contributed by atoms with Crippen LogP contribution in [0, 0.1) is 0 Å². The van der Waals surface area contributed by atoms with E-state index in [0.29, 0.717) is 45.0 Å². The second-order valence-electron chi connectivity index (χ2n) is 8.62. The topological polar surface area (TPSA) is 101 Å². The van der Waals surface area contributed by atoms with Crippen molar-refractivity contribution in [2.75, 3.05) is 14.2 Å². The van der Waals surface area contributed by atoms with Crippen LogP contribution in [0.1, 0.15) is 32.1 Å². The molecule has 0 atom stereocenters. The average Bonchev–Trinajstić information content (AvgIpc) is 2.92. The van der Waals surface area contributed by atoms with Gasteiger partial charge in [0, 0.05) is 12.6 Å². The quantitative estimate of drug-likeness (QED) is 0.200. The number of hydrogen-bond donors (Lipinski definition) is 0. The van der Waals surface area contributed by atoms with Crippen LogP contribution < -0.4 is 20.6 Å². The Hall–Kier alpha value is -3.66. The Balaban J connectivity index is 1.54. The van der Waals surface area contributed by atoms with Crippen LogP contribution in [0.15, 0.2) is 62.8 Å². The average molecular weight is 506 g/mol. The molecule has 5 rings (SSSR count). The number of nitrogens with zero attached hydrogens (tertiary/aromatic N) is 5. The number of hydrogen-bond acceptors (Lipinski definition) is 8. The number of methoxy groups -OCH3 is 2. The normalized spacial score (nSPS) is 13.7. The summed E-state index contributed by atoms with van der Waals surface area (Å²) in [5, 5.41) is 9.70. The monoisotopic (exact) mass is 505 g/mol. The van der Waals surface area contributed by atoms with Crippen molar-refractivity contribution in [2.24, 2.45) is 0 Å². The van der Waals surface area contributed by atoms with E-state index in [1.165, 1.54) is 42.0 Å². The highest BCUT2D eigenvalue weighted by Crippen LogP contribution is 2.31. The van der Waals surface area contributed by atoms with Crippen LogP contribution in [-0.4, -0.2) is 38.8 Å². The molecule has 2 aromatic carbocycles. The molecule has 1 aliphatic carbocycles. The van der Waals surface area contributed by atoms with Crippen LogP contribution in [0.5, 0.6) is 11.5 Å². The summed E-state index contributed by atoms with van der Waals surface area (Å²) in [5.74, 6) is 1.14. The Morgan fingerprint density at radius 1 is 0.972 bits per heavy atom. The molecule has 0 radical (unpaired) electrons. The Morgan fingerprint density at radius 2 is 1.78 bits per heavy atom. The standard InChI is InChI=1S/C26H27N5O4S/c1-34-22-14-19-21(15-23(22)35-2)27-26(30(24(19)32)13-12-17-8-4-3-5-9-17)36-16-31-25(33)18-10-6-7-11-20(18)28-29-31/h6-8,10-11,14-15H,3-5,9,12-13,16H2,1-2H3. The lowest BCUT2D eigenvalue weighted by atomic mass is 9.97. The molecule has 1 aliphatic rings. The SMILES string of the molecule is COc1cc2nc(SCn3nnc4ccccc4c3=O)n(CCC3=CCCCC3)c(=O)c2cc1OC. The second kappa shape index (κ2) is 10.5. The highest BCUT2D eigenvalue weighted by atomic mass is 32.2. The third-order valence-corrected chi connectivity index (χ3v) is 7.35. The van der Waals surface area contributed by atoms with Gasteiger partial charge in [0.25, 0.3) is 11.1 Å². The van der Waals surface area contributed by atoms with E-state index < -0.39 is 0 Å². The number of thioether (sulfide) groups is 1. The Kier molecular flexibility index (Phi) is 7.04. The maximum absolute atomic E-state index is 13.6. The zero-order valence-corrected chi connectivity index (χ0v) is 21.1. The summed E-state index contributed by atoms with van der Waals surface area (Å²) in [6.45, 7) is 0.503. The third kappa shape index (κ3) is 4.73. The molecule has 0 bridgehead atoms. The van der Waals surface area contributed by atoms with E-state index in [1.54, 1.807) is 42.0 Å². The predicted molar refractivity (Wildman–Crippen MR) is 140 cm³/mol. The minimum atomic E-state index is -0.235. The highest BCUT2D eigenvalue weighted by Gasteiger charge is 2.17. The first-order chi connectivity index (χ1) is 17.6. The van der Waals surface area contributed by atoms with Gasteiger partial charge in [0.1, 0.15) is 5.52 Å². The van der Waals surface area contributed by atoms with E-state index in [-0.39, 0.29) is 17.0 Å². The number of rotatable bonds is 8. The molecule has 0 spiro atoms. The molecule has 0 fully saturated rings. The summed E-state index contributed by atoms with van der Waals surface area (Å²) in [5.41, 5.74) is 2.03. The first kappa shape index (κ1) is 24.1.